The summed E-state index contributed by atoms with van der Waals surface area (Å²) in [5.74, 6) is 0. The minimum atomic E-state index is -0.648. The van der Waals surface area contributed by atoms with E-state index in [0.29, 0.717) is 0 Å². The summed E-state index contributed by atoms with van der Waals surface area (Å²) in [6.45, 7) is 1.76. The van der Waals surface area contributed by atoms with E-state index in [2.05, 4.69) is 14.8 Å². The van der Waals surface area contributed by atoms with Gasteiger partial charge in [0, 0.05) is 0 Å². The van der Waals surface area contributed by atoms with Crippen LogP contribution in [0.2, 0.25) is 0 Å². The zero-order chi connectivity index (χ0) is 7.98. The molecule has 0 saturated carbocycles. The van der Waals surface area contributed by atoms with Crippen molar-refractivity contribution in [3.8, 4) is 0 Å². The Bertz CT molecular complexity index is 125. The van der Waals surface area contributed by atoms with Gasteiger partial charge < -0.3 is 9.47 Å². The SMILES string of the molecule is COC(=O)NC(C)OC=O. The summed E-state index contributed by atoms with van der Waals surface area (Å²) in [5.41, 5.74) is 0. The summed E-state index contributed by atoms with van der Waals surface area (Å²) in [4.78, 5) is 20.0. The van der Waals surface area contributed by atoms with Crippen molar-refractivity contribution in [3.63, 3.8) is 0 Å². The van der Waals surface area contributed by atoms with Gasteiger partial charge in [0.15, 0.2) is 6.23 Å². The minimum absolute atomic E-state index is 0.251. The Morgan fingerprint density at radius 1 is 1.70 bits per heavy atom. The second-order valence-electron chi connectivity index (χ2n) is 1.51. The molecule has 1 amide bonds. The van der Waals surface area contributed by atoms with E-state index in [0.717, 1.165) is 0 Å². The molecule has 0 radical (unpaired) electrons. The Hall–Kier alpha value is -1.26. The van der Waals surface area contributed by atoms with Crippen molar-refractivity contribution in [3.05, 3.63) is 0 Å². The van der Waals surface area contributed by atoms with Crippen LogP contribution in [-0.2, 0) is 14.3 Å². The zero-order valence-electron chi connectivity index (χ0n) is 5.79. The zero-order valence-corrected chi connectivity index (χ0v) is 5.79. The van der Waals surface area contributed by atoms with E-state index in [1.807, 2.05) is 0 Å². The van der Waals surface area contributed by atoms with Crippen molar-refractivity contribution < 1.29 is 19.1 Å². The molecule has 10 heavy (non-hydrogen) atoms. The van der Waals surface area contributed by atoms with E-state index in [4.69, 9.17) is 0 Å². The molecule has 0 aliphatic rings. The smallest absolute Gasteiger partial charge is 0.409 e. The molecular weight excluding hydrogens is 138 g/mol. The lowest BCUT2D eigenvalue weighted by Crippen LogP contribution is -2.34. The molecule has 0 rings (SSSR count). The van der Waals surface area contributed by atoms with Crippen LogP contribution in [0.5, 0.6) is 0 Å². The van der Waals surface area contributed by atoms with Gasteiger partial charge in [0.05, 0.1) is 7.11 Å². The van der Waals surface area contributed by atoms with Crippen LogP contribution < -0.4 is 5.32 Å². The van der Waals surface area contributed by atoms with Crippen LogP contribution in [0, 0.1) is 0 Å². The average Bonchev–Trinajstić information content (AvgIpc) is 1.88. The minimum Gasteiger partial charge on any atom is -0.453 e. The fourth-order valence-electron chi connectivity index (χ4n) is 0.342. The van der Waals surface area contributed by atoms with Crippen LogP contribution in [0.3, 0.4) is 0 Å². The number of carbonyl (C=O) groups excluding carboxylic acids is 2. The van der Waals surface area contributed by atoms with E-state index in [1.165, 1.54) is 14.0 Å². The largest absolute Gasteiger partial charge is 0.453 e. The first kappa shape index (κ1) is 8.74. The third kappa shape index (κ3) is 3.71. The first-order valence-electron chi connectivity index (χ1n) is 2.64. The number of hydrogen-bond donors (Lipinski definition) is 1. The lowest BCUT2D eigenvalue weighted by atomic mass is 10.6. The first-order valence-corrected chi connectivity index (χ1v) is 2.64. The van der Waals surface area contributed by atoms with Gasteiger partial charge in [0.2, 0.25) is 0 Å². The van der Waals surface area contributed by atoms with Crippen LogP contribution in [0.25, 0.3) is 0 Å². The molecule has 0 bridgehead atoms. The molecule has 5 nitrogen and oxygen atoms in total. The topological polar surface area (TPSA) is 64.6 Å². The molecule has 1 unspecified atom stereocenters. The maximum Gasteiger partial charge on any atom is 0.409 e. The normalized spacial score (nSPS) is 11.4. The molecule has 0 aromatic rings. The van der Waals surface area contributed by atoms with Crippen LogP contribution >= 0.6 is 0 Å². The molecule has 0 aliphatic heterocycles. The van der Waals surface area contributed by atoms with Crippen LogP contribution in [-0.4, -0.2) is 25.9 Å². The number of hydrogen-bond acceptors (Lipinski definition) is 4. The van der Waals surface area contributed by atoms with Gasteiger partial charge in [-0.25, -0.2) is 4.79 Å². The second-order valence-corrected chi connectivity index (χ2v) is 1.51. The Labute approximate surface area is 58.3 Å². The van der Waals surface area contributed by atoms with Gasteiger partial charge in [-0.1, -0.05) is 0 Å². The first-order chi connectivity index (χ1) is 4.70. The Morgan fingerprint density at radius 3 is 2.70 bits per heavy atom. The summed E-state index contributed by atoms with van der Waals surface area (Å²) in [7, 11) is 1.23. The van der Waals surface area contributed by atoms with Crippen molar-refractivity contribution in [2.45, 2.75) is 13.2 Å². The van der Waals surface area contributed by atoms with Crippen molar-refractivity contribution in [2.24, 2.45) is 0 Å². The molecule has 0 fully saturated rings. The molecular formula is C5H9NO4. The summed E-state index contributed by atoms with van der Waals surface area (Å²) in [6.07, 6.45) is -1.28. The van der Waals surface area contributed by atoms with Crippen LogP contribution in [0.1, 0.15) is 6.92 Å². The number of rotatable bonds is 3. The maximum absolute atomic E-state index is 10.4. The molecule has 0 heterocycles. The fraction of sp³-hybridized carbons (Fsp3) is 0.600. The molecule has 0 aliphatic carbocycles. The maximum atomic E-state index is 10.4. The van der Waals surface area contributed by atoms with Crippen molar-refractivity contribution in [1.82, 2.24) is 5.32 Å². The number of amides is 1. The standard InChI is InChI=1S/C5H9NO4/c1-4(10-3-7)6-5(8)9-2/h3-4H,1-2H3,(H,6,8). The van der Waals surface area contributed by atoms with E-state index >= 15 is 0 Å². The van der Waals surface area contributed by atoms with Gasteiger partial charge >= 0.3 is 6.09 Å². The number of methoxy groups -OCH3 is 1. The predicted molar refractivity (Wildman–Crippen MR) is 32.2 cm³/mol. The molecule has 1 N–H and O–H groups in total. The van der Waals surface area contributed by atoms with Gasteiger partial charge in [0.25, 0.3) is 6.47 Å². The molecule has 5 heteroatoms. The fourth-order valence-corrected chi connectivity index (χ4v) is 0.342. The van der Waals surface area contributed by atoms with Crippen LogP contribution in [0.4, 0.5) is 4.79 Å². The number of carbonyl (C=O) groups is 2. The van der Waals surface area contributed by atoms with Crippen LogP contribution in [0.15, 0.2) is 0 Å². The molecule has 0 saturated heterocycles. The third-order valence-corrected chi connectivity index (χ3v) is 0.766. The lowest BCUT2D eigenvalue weighted by Gasteiger charge is -2.09. The highest BCUT2D eigenvalue weighted by Gasteiger charge is 2.04. The van der Waals surface area contributed by atoms with Gasteiger partial charge in [-0.15, -0.1) is 0 Å². The van der Waals surface area contributed by atoms with E-state index < -0.39 is 12.3 Å². The predicted octanol–water partition coefficient (Wildman–Crippen LogP) is -0.139. The number of nitrogens with one attached hydrogen (secondary N) is 1. The van der Waals surface area contributed by atoms with E-state index in [9.17, 15) is 9.59 Å². The third-order valence-electron chi connectivity index (χ3n) is 0.766. The summed E-state index contributed by atoms with van der Waals surface area (Å²) >= 11 is 0. The highest BCUT2D eigenvalue weighted by Crippen LogP contribution is 1.81. The quantitative estimate of drug-likeness (QED) is 0.445. The Morgan fingerprint density at radius 2 is 2.30 bits per heavy atom. The second kappa shape index (κ2) is 4.60. The van der Waals surface area contributed by atoms with Gasteiger partial charge in [0.1, 0.15) is 0 Å². The van der Waals surface area contributed by atoms with Gasteiger partial charge in [-0.2, -0.15) is 0 Å². The summed E-state index contributed by atoms with van der Waals surface area (Å²) in [6, 6.07) is 0. The molecule has 1 atom stereocenters. The van der Waals surface area contributed by atoms with E-state index in [-0.39, 0.29) is 6.47 Å². The van der Waals surface area contributed by atoms with Crippen molar-refractivity contribution in [1.29, 1.82) is 0 Å². The summed E-state index contributed by atoms with van der Waals surface area (Å²) < 4.78 is 8.54. The number of alkyl carbamates (subject to hydrolysis) is 1. The molecule has 0 aromatic heterocycles. The monoisotopic (exact) mass is 147 g/mol. The van der Waals surface area contributed by atoms with Gasteiger partial charge in [-0.05, 0) is 6.92 Å². The van der Waals surface area contributed by atoms with Gasteiger partial charge in [-0.3, -0.25) is 10.1 Å². The highest BCUT2D eigenvalue weighted by molar-refractivity contribution is 5.67. The average molecular weight is 147 g/mol. The molecule has 0 spiro atoms. The van der Waals surface area contributed by atoms with Crippen molar-refractivity contribution in [2.75, 3.05) is 7.11 Å². The molecule has 58 valence electrons. The van der Waals surface area contributed by atoms with Crippen molar-refractivity contribution >= 4 is 12.6 Å². The highest BCUT2D eigenvalue weighted by atomic mass is 16.6. The Balaban J connectivity index is 3.46. The number of ether oxygens (including phenoxy) is 2. The lowest BCUT2D eigenvalue weighted by molar-refractivity contribution is -0.133. The van der Waals surface area contributed by atoms with E-state index in [1.54, 1.807) is 0 Å². The Kier molecular flexibility index (Phi) is 4.02. The molecule has 0 aromatic carbocycles. The summed E-state index contributed by atoms with van der Waals surface area (Å²) in [5, 5.41) is 2.22.